The van der Waals surface area contributed by atoms with E-state index < -0.39 is 6.03 Å². The van der Waals surface area contributed by atoms with Crippen LogP contribution in [0.25, 0.3) is 0 Å². The van der Waals surface area contributed by atoms with Crippen molar-refractivity contribution in [3.8, 4) is 0 Å². The number of primary amides is 1. The number of urea groups is 1. The molecule has 2 amide bonds. The topological polar surface area (TPSA) is 67.5 Å². The van der Waals surface area contributed by atoms with E-state index >= 15 is 0 Å². The van der Waals surface area contributed by atoms with Crippen LogP contribution in [0.1, 0.15) is 33.1 Å². The van der Waals surface area contributed by atoms with Crippen LogP contribution in [0.3, 0.4) is 0 Å². The van der Waals surface area contributed by atoms with Crippen LogP contribution >= 0.6 is 0 Å². The maximum atomic E-state index is 10.4. The third-order valence-electron chi connectivity index (χ3n) is 2.53. The van der Waals surface area contributed by atoms with Crippen LogP contribution in [0, 0.1) is 11.8 Å². The number of hydrogen-bond acceptors (Lipinski definition) is 2. The predicted octanol–water partition coefficient (Wildman–Crippen LogP) is 1.47. The van der Waals surface area contributed by atoms with Gasteiger partial charge in [0, 0.05) is 5.71 Å². The van der Waals surface area contributed by atoms with Gasteiger partial charge in [-0.2, -0.15) is 5.10 Å². The van der Waals surface area contributed by atoms with Gasteiger partial charge >= 0.3 is 6.03 Å². The molecule has 0 radical (unpaired) electrons. The lowest BCUT2D eigenvalue weighted by Crippen LogP contribution is -2.29. The summed E-state index contributed by atoms with van der Waals surface area (Å²) in [5, 5.41) is 4.01. The van der Waals surface area contributed by atoms with Gasteiger partial charge in [-0.05, 0) is 31.1 Å². The van der Waals surface area contributed by atoms with E-state index in [0.717, 1.165) is 18.6 Å². The maximum absolute atomic E-state index is 10.4. The zero-order valence-electron chi connectivity index (χ0n) is 8.21. The lowest BCUT2D eigenvalue weighted by molar-refractivity contribution is 0.249. The first-order valence-corrected chi connectivity index (χ1v) is 4.71. The number of nitrogens with one attached hydrogen (secondary N) is 1. The highest BCUT2D eigenvalue weighted by Gasteiger charge is 2.20. The minimum atomic E-state index is -0.585. The van der Waals surface area contributed by atoms with E-state index in [1.807, 2.05) is 0 Å². The van der Waals surface area contributed by atoms with Crippen LogP contribution in [0.15, 0.2) is 5.10 Å². The Balaban J connectivity index is 2.54. The van der Waals surface area contributed by atoms with Gasteiger partial charge < -0.3 is 5.73 Å². The van der Waals surface area contributed by atoms with Crippen molar-refractivity contribution in [1.29, 1.82) is 0 Å². The van der Waals surface area contributed by atoms with E-state index in [4.69, 9.17) is 5.73 Å². The monoisotopic (exact) mass is 183 g/mol. The van der Waals surface area contributed by atoms with Crippen molar-refractivity contribution in [1.82, 2.24) is 5.43 Å². The third-order valence-corrected chi connectivity index (χ3v) is 2.53. The molecule has 0 aliphatic heterocycles. The molecule has 0 aromatic heterocycles. The van der Waals surface area contributed by atoms with Gasteiger partial charge in [-0.25, -0.2) is 10.2 Å². The summed E-state index contributed by atoms with van der Waals surface area (Å²) in [7, 11) is 0. The quantitative estimate of drug-likeness (QED) is 0.594. The minimum absolute atomic E-state index is 0.475. The molecule has 4 nitrogen and oxygen atoms in total. The highest BCUT2D eigenvalue weighted by Crippen LogP contribution is 2.25. The molecule has 0 aromatic rings. The summed E-state index contributed by atoms with van der Waals surface area (Å²) < 4.78 is 0. The summed E-state index contributed by atoms with van der Waals surface area (Å²) in [6, 6.07) is -0.585. The fraction of sp³-hybridized carbons (Fsp3) is 0.778. The van der Waals surface area contributed by atoms with E-state index in [-0.39, 0.29) is 0 Å². The maximum Gasteiger partial charge on any atom is 0.332 e. The molecule has 1 fully saturated rings. The van der Waals surface area contributed by atoms with Crippen LogP contribution < -0.4 is 11.2 Å². The third kappa shape index (κ3) is 3.05. The van der Waals surface area contributed by atoms with Crippen molar-refractivity contribution in [2.24, 2.45) is 22.7 Å². The number of nitrogens with zero attached hydrogens (tertiary/aromatic N) is 1. The standard InChI is InChI=1S/C9H17N3O/c1-6-3-4-7(2)8(5-6)11-12-9(10)13/h6-7H,3-5H2,1-2H3,(H3,10,12,13)/b11-8+/t6-,7+/m0/s1. The first-order valence-electron chi connectivity index (χ1n) is 4.71. The zero-order valence-corrected chi connectivity index (χ0v) is 8.21. The molecule has 1 rings (SSSR count). The Kier molecular flexibility index (Phi) is 3.28. The van der Waals surface area contributed by atoms with Crippen LogP contribution in [0.2, 0.25) is 0 Å². The first-order chi connectivity index (χ1) is 6.09. The average Bonchev–Trinajstić information content (AvgIpc) is 2.06. The molecule has 0 saturated heterocycles. The van der Waals surface area contributed by atoms with Gasteiger partial charge in [-0.15, -0.1) is 0 Å². The summed E-state index contributed by atoms with van der Waals surface area (Å²) in [6.07, 6.45) is 3.37. The molecule has 0 bridgehead atoms. The second kappa shape index (κ2) is 4.25. The average molecular weight is 183 g/mol. The van der Waals surface area contributed by atoms with Crippen LogP contribution in [0.4, 0.5) is 4.79 Å². The number of hydrazone groups is 1. The Hall–Kier alpha value is -1.06. The van der Waals surface area contributed by atoms with Gasteiger partial charge in [-0.1, -0.05) is 13.8 Å². The normalized spacial score (nSPS) is 31.7. The molecule has 0 unspecified atom stereocenters. The molecule has 2 atom stereocenters. The van der Waals surface area contributed by atoms with E-state index in [2.05, 4.69) is 24.4 Å². The number of rotatable bonds is 1. The lowest BCUT2D eigenvalue weighted by Gasteiger charge is -2.24. The summed E-state index contributed by atoms with van der Waals surface area (Å²) in [6.45, 7) is 4.33. The zero-order chi connectivity index (χ0) is 9.84. The molecule has 0 aromatic carbocycles. The number of hydrogen-bond donors (Lipinski definition) is 2. The molecule has 3 N–H and O–H groups in total. The van der Waals surface area contributed by atoms with Gasteiger partial charge in [-0.3, -0.25) is 0 Å². The van der Waals surface area contributed by atoms with E-state index in [9.17, 15) is 4.79 Å². The summed E-state index contributed by atoms with van der Waals surface area (Å²) in [4.78, 5) is 10.4. The van der Waals surface area contributed by atoms with Crippen molar-refractivity contribution in [2.75, 3.05) is 0 Å². The van der Waals surface area contributed by atoms with Crippen LogP contribution in [0.5, 0.6) is 0 Å². The number of nitrogens with two attached hydrogens (primary N) is 1. The lowest BCUT2D eigenvalue weighted by atomic mass is 9.82. The molecule has 1 aliphatic rings. The minimum Gasteiger partial charge on any atom is -0.350 e. The van der Waals surface area contributed by atoms with Crippen LogP contribution in [-0.4, -0.2) is 11.7 Å². The summed E-state index contributed by atoms with van der Waals surface area (Å²) in [5.74, 6) is 1.15. The SMILES string of the molecule is C[C@H]1CC[C@@H](C)/C(=N/NC(N)=O)C1. The fourth-order valence-electron chi connectivity index (χ4n) is 1.64. The number of carbonyl (C=O) groups is 1. The predicted molar refractivity (Wildman–Crippen MR) is 52.3 cm³/mol. The van der Waals surface area contributed by atoms with Gasteiger partial charge in [0.2, 0.25) is 0 Å². The van der Waals surface area contributed by atoms with Crippen LogP contribution in [-0.2, 0) is 0 Å². The van der Waals surface area contributed by atoms with Gasteiger partial charge in [0.15, 0.2) is 0 Å². The molecule has 74 valence electrons. The number of carbonyl (C=O) groups excluding carboxylic acids is 1. The van der Waals surface area contributed by atoms with E-state index in [0.29, 0.717) is 11.8 Å². The Morgan fingerprint density at radius 3 is 2.85 bits per heavy atom. The van der Waals surface area contributed by atoms with E-state index in [1.54, 1.807) is 0 Å². The van der Waals surface area contributed by atoms with Crippen molar-refractivity contribution < 1.29 is 4.79 Å². The first kappa shape index (κ1) is 10.0. The molecule has 0 spiro atoms. The fourth-order valence-corrected chi connectivity index (χ4v) is 1.64. The smallest absolute Gasteiger partial charge is 0.332 e. The van der Waals surface area contributed by atoms with E-state index in [1.165, 1.54) is 6.42 Å². The van der Waals surface area contributed by atoms with Gasteiger partial charge in [0.1, 0.15) is 0 Å². The molecule has 0 heterocycles. The number of amides is 2. The largest absolute Gasteiger partial charge is 0.350 e. The molecule has 13 heavy (non-hydrogen) atoms. The second-order valence-electron chi connectivity index (χ2n) is 3.87. The Bertz CT molecular complexity index is 225. The van der Waals surface area contributed by atoms with Crippen molar-refractivity contribution in [2.45, 2.75) is 33.1 Å². The Labute approximate surface area is 78.6 Å². The Morgan fingerprint density at radius 2 is 2.23 bits per heavy atom. The molecular weight excluding hydrogens is 166 g/mol. The molecule has 1 saturated carbocycles. The molecule has 1 aliphatic carbocycles. The van der Waals surface area contributed by atoms with Gasteiger partial charge in [0.05, 0.1) is 0 Å². The molecular formula is C9H17N3O. The summed E-state index contributed by atoms with van der Waals surface area (Å²) in [5.41, 5.74) is 8.29. The van der Waals surface area contributed by atoms with Crippen molar-refractivity contribution in [3.63, 3.8) is 0 Å². The van der Waals surface area contributed by atoms with Crippen molar-refractivity contribution in [3.05, 3.63) is 0 Å². The Morgan fingerprint density at radius 1 is 1.54 bits per heavy atom. The van der Waals surface area contributed by atoms with Gasteiger partial charge in [0.25, 0.3) is 0 Å². The second-order valence-corrected chi connectivity index (χ2v) is 3.87. The highest BCUT2D eigenvalue weighted by atomic mass is 16.2. The summed E-state index contributed by atoms with van der Waals surface area (Å²) >= 11 is 0. The highest BCUT2D eigenvalue weighted by molar-refractivity contribution is 5.88. The molecule has 4 heteroatoms. The van der Waals surface area contributed by atoms with Crippen molar-refractivity contribution >= 4 is 11.7 Å².